The second kappa shape index (κ2) is 5.27. The molecule has 1 aromatic carbocycles. The van der Waals surface area contributed by atoms with Crippen LogP contribution in [-0.2, 0) is 11.3 Å². The highest BCUT2D eigenvalue weighted by atomic mass is 19.1. The molecule has 4 heteroatoms. The van der Waals surface area contributed by atoms with Crippen molar-refractivity contribution in [2.75, 3.05) is 6.54 Å². The molecule has 0 bridgehead atoms. The van der Waals surface area contributed by atoms with Gasteiger partial charge in [0, 0.05) is 13.1 Å². The monoisotopic (exact) mass is 236 g/mol. The van der Waals surface area contributed by atoms with Gasteiger partial charge in [-0.25, -0.2) is 4.39 Å². The Bertz CT molecular complexity index is 391. The number of benzene rings is 1. The lowest BCUT2D eigenvalue weighted by atomic mass is 10.1. The Balaban J connectivity index is 2.06. The third-order valence-corrected chi connectivity index (χ3v) is 3.11. The van der Waals surface area contributed by atoms with Crippen molar-refractivity contribution in [1.82, 2.24) is 4.90 Å². The van der Waals surface area contributed by atoms with Crippen LogP contribution in [0.4, 0.5) is 4.39 Å². The smallest absolute Gasteiger partial charge is 0.239 e. The van der Waals surface area contributed by atoms with Crippen molar-refractivity contribution in [3.05, 3.63) is 35.6 Å². The molecule has 0 saturated carbocycles. The minimum Gasteiger partial charge on any atom is -0.337 e. The van der Waals surface area contributed by atoms with Gasteiger partial charge in [0.05, 0.1) is 6.04 Å². The molecule has 1 saturated heterocycles. The van der Waals surface area contributed by atoms with Crippen molar-refractivity contribution in [3.8, 4) is 0 Å². The van der Waals surface area contributed by atoms with Crippen molar-refractivity contribution >= 4 is 5.91 Å². The molecule has 0 unspecified atom stereocenters. The van der Waals surface area contributed by atoms with Crippen LogP contribution in [0.15, 0.2) is 24.3 Å². The van der Waals surface area contributed by atoms with Crippen LogP contribution in [0.2, 0.25) is 0 Å². The maximum Gasteiger partial charge on any atom is 0.239 e. The summed E-state index contributed by atoms with van der Waals surface area (Å²) in [6.07, 6.45) is 2.74. The van der Waals surface area contributed by atoms with Crippen LogP contribution in [0, 0.1) is 5.82 Å². The number of hydrogen-bond acceptors (Lipinski definition) is 2. The summed E-state index contributed by atoms with van der Waals surface area (Å²) in [4.78, 5) is 13.7. The summed E-state index contributed by atoms with van der Waals surface area (Å²) in [5.41, 5.74) is 6.73. The topological polar surface area (TPSA) is 46.3 Å². The van der Waals surface area contributed by atoms with Gasteiger partial charge >= 0.3 is 0 Å². The van der Waals surface area contributed by atoms with E-state index in [1.54, 1.807) is 17.0 Å². The second-order valence-corrected chi connectivity index (χ2v) is 4.49. The Morgan fingerprint density at radius 2 is 2.00 bits per heavy atom. The largest absolute Gasteiger partial charge is 0.337 e. The van der Waals surface area contributed by atoms with Crippen LogP contribution < -0.4 is 5.73 Å². The highest BCUT2D eigenvalue weighted by Gasteiger charge is 2.23. The maximum atomic E-state index is 12.8. The van der Waals surface area contributed by atoms with Crippen LogP contribution in [0.1, 0.15) is 24.8 Å². The summed E-state index contributed by atoms with van der Waals surface area (Å²) in [7, 11) is 0. The third kappa shape index (κ3) is 3.03. The zero-order chi connectivity index (χ0) is 12.3. The van der Waals surface area contributed by atoms with E-state index in [0.717, 1.165) is 31.4 Å². The van der Waals surface area contributed by atoms with Gasteiger partial charge in [0.15, 0.2) is 0 Å². The molecule has 1 heterocycles. The molecule has 17 heavy (non-hydrogen) atoms. The molecule has 2 rings (SSSR count). The number of carbonyl (C=O) groups is 1. The molecular weight excluding hydrogens is 219 g/mol. The molecule has 0 aromatic heterocycles. The average Bonchev–Trinajstić information content (AvgIpc) is 2.48. The van der Waals surface area contributed by atoms with Gasteiger partial charge in [-0.1, -0.05) is 12.1 Å². The van der Waals surface area contributed by atoms with Gasteiger partial charge in [-0.15, -0.1) is 0 Å². The molecule has 1 fully saturated rings. The number of hydrogen-bond donors (Lipinski definition) is 1. The Morgan fingerprint density at radius 3 is 2.71 bits per heavy atom. The second-order valence-electron chi connectivity index (χ2n) is 4.49. The summed E-state index contributed by atoms with van der Waals surface area (Å²) in [5, 5.41) is 0. The molecule has 1 amide bonds. The number of carbonyl (C=O) groups excluding carboxylic acids is 1. The van der Waals surface area contributed by atoms with Gasteiger partial charge in [0.25, 0.3) is 0 Å². The van der Waals surface area contributed by atoms with E-state index in [1.165, 1.54) is 12.1 Å². The van der Waals surface area contributed by atoms with Gasteiger partial charge in [-0.3, -0.25) is 4.79 Å². The van der Waals surface area contributed by atoms with Crippen molar-refractivity contribution < 1.29 is 9.18 Å². The molecule has 0 radical (unpaired) electrons. The first kappa shape index (κ1) is 12.0. The van der Waals surface area contributed by atoms with Crippen molar-refractivity contribution in [1.29, 1.82) is 0 Å². The van der Waals surface area contributed by atoms with Crippen LogP contribution in [0.3, 0.4) is 0 Å². The summed E-state index contributed by atoms with van der Waals surface area (Å²) in [6, 6.07) is 5.87. The van der Waals surface area contributed by atoms with Crippen molar-refractivity contribution in [2.45, 2.75) is 31.8 Å². The molecule has 1 atom stereocenters. The molecular formula is C13H17FN2O. The summed E-state index contributed by atoms with van der Waals surface area (Å²) in [5.74, 6) is -0.250. The number of amides is 1. The normalized spacial score (nSPS) is 21.4. The number of nitrogens with zero attached hydrogens (tertiary/aromatic N) is 1. The van der Waals surface area contributed by atoms with Crippen LogP contribution >= 0.6 is 0 Å². The predicted molar refractivity (Wildman–Crippen MR) is 63.6 cm³/mol. The van der Waals surface area contributed by atoms with Crippen LogP contribution in [0.25, 0.3) is 0 Å². The minimum atomic E-state index is -0.377. The zero-order valence-electron chi connectivity index (χ0n) is 9.73. The Hall–Kier alpha value is -1.42. The predicted octanol–water partition coefficient (Wildman–Crippen LogP) is 1.67. The number of nitrogens with two attached hydrogens (primary N) is 1. The Morgan fingerprint density at radius 1 is 1.29 bits per heavy atom. The SMILES string of the molecule is N[C@H]1CCCCN(Cc2ccc(F)cc2)C1=O. The summed E-state index contributed by atoms with van der Waals surface area (Å²) < 4.78 is 12.8. The molecule has 1 aliphatic heterocycles. The first-order valence-electron chi connectivity index (χ1n) is 5.95. The van der Waals surface area contributed by atoms with Crippen LogP contribution in [0.5, 0.6) is 0 Å². The average molecular weight is 236 g/mol. The highest BCUT2D eigenvalue weighted by Crippen LogP contribution is 2.14. The van der Waals surface area contributed by atoms with E-state index in [4.69, 9.17) is 5.73 Å². The number of likely N-dealkylation sites (tertiary alicyclic amines) is 1. The van der Waals surface area contributed by atoms with E-state index < -0.39 is 0 Å². The molecule has 3 nitrogen and oxygen atoms in total. The van der Waals surface area contributed by atoms with Crippen molar-refractivity contribution in [3.63, 3.8) is 0 Å². The molecule has 1 aromatic rings. The lowest BCUT2D eigenvalue weighted by molar-refractivity contribution is -0.132. The molecule has 0 aliphatic carbocycles. The summed E-state index contributed by atoms with van der Waals surface area (Å²) in [6.45, 7) is 1.26. The highest BCUT2D eigenvalue weighted by molar-refractivity contribution is 5.81. The lowest BCUT2D eigenvalue weighted by Gasteiger charge is -2.22. The molecule has 2 N–H and O–H groups in total. The first-order valence-corrected chi connectivity index (χ1v) is 5.95. The Kier molecular flexibility index (Phi) is 3.74. The van der Waals surface area contributed by atoms with Crippen molar-refractivity contribution in [2.24, 2.45) is 5.73 Å². The van der Waals surface area contributed by atoms with E-state index in [9.17, 15) is 9.18 Å². The van der Waals surface area contributed by atoms with Gasteiger partial charge in [0.1, 0.15) is 5.82 Å². The van der Waals surface area contributed by atoms with E-state index in [2.05, 4.69) is 0 Å². The van der Waals surface area contributed by atoms with E-state index in [-0.39, 0.29) is 17.8 Å². The molecule has 92 valence electrons. The fourth-order valence-corrected chi connectivity index (χ4v) is 2.10. The minimum absolute atomic E-state index is 0.00632. The quantitative estimate of drug-likeness (QED) is 0.849. The third-order valence-electron chi connectivity index (χ3n) is 3.11. The van der Waals surface area contributed by atoms with Gasteiger partial charge in [-0.05, 0) is 37.0 Å². The lowest BCUT2D eigenvalue weighted by Crippen LogP contribution is -2.41. The molecule has 0 spiro atoms. The standard InChI is InChI=1S/C13H17FN2O/c14-11-6-4-10(5-7-11)9-16-8-2-1-3-12(15)13(16)17/h4-7,12H,1-3,8-9,15H2/t12-/m0/s1. The fourth-order valence-electron chi connectivity index (χ4n) is 2.10. The van der Waals surface area contributed by atoms with E-state index in [1.807, 2.05) is 0 Å². The van der Waals surface area contributed by atoms with Crippen LogP contribution in [-0.4, -0.2) is 23.4 Å². The number of halogens is 1. The molecule has 1 aliphatic rings. The fraction of sp³-hybridized carbons (Fsp3) is 0.462. The number of rotatable bonds is 2. The Labute approximate surface area is 100 Å². The van der Waals surface area contributed by atoms with Gasteiger partial charge in [-0.2, -0.15) is 0 Å². The van der Waals surface area contributed by atoms with E-state index >= 15 is 0 Å². The van der Waals surface area contributed by atoms with Gasteiger partial charge < -0.3 is 10.6 Å². The summed E-state index contributed by atoms with van der Waals surface area (Å²) >= 11 is 0. The zero-order valence-corrected chi connectivity index (χ0v) is 9.73. The van der Waals surface area contributed by atoms with Gasteiger partial charge in [0.2, 0.25) is 5.91 Å². The first-order chi connectivity index (χ1) is 8.16. The maximum absolute atomic E-state index is 12.8. The van der Waals surface area contributed by atoms with E-state index in [0.29, 0.717) is 6.54 Å².